The quantitative estimate of drug-likeness (QED) is 0.190. The van der Waals surface area contributed by atoms with E-state index in [4.69, 9.17) is 4.74 Å². The van der Waals surface area contributed by atoms with E-state index in [-0.39, 0.29) is 24.9 Å². The number of aliphatic hydroxyl groups is 2. The van der Waals surface area contributed by atoms with Crippen molar-refractivity contribution >= 4 is 5.97 Å². The second-order valence-corrected chi connectivity index (χ2v) is 9.24. The van der Waals surface area contributed by atoms with E-state index < -0.39 is 5.97 Å². The molecule has 5 heteroatoms. The van der Waals surface area contributed by atoms with Gasteiger partial charge in [-0.05, 0) is 85.0 Å². The summed E-state index contributed by atoms with van der Waals surface area (Å²) in [5.41, 5.74) is 6.03. The Morgan fingerprint density at radius 3 is 2.06 bits per heavy atom. The Bertz CT molecular complexity index is 1180. The van der Waals surface area contributed by atoms with Crippen LogP contribution in [0.3, 0.4) is 0 Å². The van der Waals surface area contributed by atoms with Crippen molar-refractivity contribution in [3.63, 3.8) is 0 Å². The Morgan fingerprint density at radius 2 is 1.47 bits per heavy atom. The molecule has 0 aromatic heterocycles. The highest BCUT2D eigenvalue weighted by Crippen LogP contribution is 2.29. The molecule has 0 spiro atoms. The summed E-state index contributed by atoms with van der Waals surface area (Å²) in [4.78, 5) is 11.6. The molecule has 0 aliphatic rings. The molecule has 190 valence electrons. The van der Waals surface area contributed by atoms with Gasteiger partial charge in [0.1, 0.15) is 11.6 Å². The Balaban J connectivity index is 1.66. The number of aryl methyl sites for hydroxylation is 4. The topological polar surface area (TPSA) is 66.8 Å². The fraction of sp³-hybridized carbons (Fsp3) is 0.323. The van der Waals surface area contributed by atoms with Crippen LogP contribution in [0.5, 0.6) is 5.75 Å². The van der Waals surface area contributed by atoms with Gasteiger partial charge in [-0.15, -0.1) is 0 Å². The smallest absolute Gasteiger partial charge is 0.338 e. The first-order chi connectivity index (χ1) is 17.3. The zero-order valence-corrected chi connectivity index (χ0v) is 21.1. The van der Waals surface area contributed by atoms with Crippen molar-refractivity contribution in [1.29, 1.82) is 0 Å². The Labute approximate surface area is 213 Å². The maximum Gasteiger partial charge on any atom is 0.338 e. The molecule has 0 atom stereocenters. The summed E-state index contributed by atoms with van der Waals surface area (Å²) in [5, 5.41) is 18.6. The van der Waals surface area contributed by atoms with E-state index in [0.717, 1.165) is 47.1 Å². The third-order valence-corrected chi connectivity index (χ3v) is 6.42. The number of rotatable bonds is 12. The van der Waals surface area contributed by atoms with Gasteiger partial charge in [0.2, 0.25) is 0 Å². The number of aliphatic hydroxyl groups excluding tert-OH is 2. The molecule has 3 rings (SSSR count). The largest absolute Gasteiger partial charge is 0.423 e. The maximum absolute atomic E-state index is 15.2. The SMILES string of the molecule is C=C(C)C(=O)Oc1ccc(CCc2ccc(-c3ccc(CCC(CO)CO)cc3CC)c(F)c2)cc1. The van der Waals surface area contributed by atoms with Gasteiger partial charge in [-0.25, -0.2) is 9.18 Å². The minimum Gasteiger partial charge on any atom is -0.423 e. The van der Waals surface area contributed by atoms with E-state index in [9.17, 15) is 15.0 Å². The fourth-order valence-corrected chi connectivity index (χ4v) is 4.11. The van der Waals surface area contributed by atoms with Crippen molar-refractivity contribution in [3.8, 4) is 16.9 Å². The van der Waals surface area contributed by atoms with Gasteiger partial charge in [0.15, 0.2) is 0 Å². The van der Waals surface area contributed by atoms with E-state index in [1.165, 1.54) is 0 Å². The molecular formula is C31H35FO4. The summed E-state index contributed by atoms with van der Waals surface area (Å²) in [6.45, 7) is 7.19. The van der Waals surface area contributed by atoms with E-state index in [1.54, 1.807) is 25.1 Å². The molecule has 3 aromatic carbocycles. The van der Waals surface area contributed by atoms with Gasteiger partial charge < -0.3 is 14.9 Å². The molecule has 0 radical (unpaired) electrons. The normalized spacial score (nSPS) is 11.1. The fourth-order valence-electron chi connectivity index (χ4n) is 4.11. The van der Waals surface area contributed by atoms with Gasteiger partial charge in [-0.1, -0.05) is 56.0 Å². The van der Waals surface area contributed by atoms with Gasteiger partial charge >= 0.3 is 5.97 Å². The lowest BCUT2D eigenvalue weighted by Gasteiger charge is -2.14. The molecule has 0 aliphatic carbocycles. The average Bonchev–Trinajstić information content (AvgIpc) is 2.89. The van der Waals surface area contributed by atoms with Gasteiger partial charge in [0.05, 0.1) is 0 Å². The van der Waals surface area contributed by atoms with Crippen LogP contribution < -0.4 is 4.74 Å². The molecule has 2 N–H and O–H groups in total. The number of ether oxygens (including phenoxy) is 1. The van der Waals surface area contributed by atoms with Crippen LogP contribution in [0.1, 0.15) is 42.5 Å². The van der Waals surface area contributed by atoms with Crippen molar-refractivity contribution in [2.45, 2.75) is 46.0 Å². The summed E-state index contributed by atoms with van der Waals surface area (Å²) < 4.78 is 20.4. The molecular weight excluding hydrogens is 455 g/mol. The lowest BCUT2D eigenvalue weighted by molar-refractivity contribution is -0.130. The molecule has 0 amide bonds. The molecule has 0 saturated heterocycles. The van der Waals surface area contributed by atoms with Gasteiger partial charge in [0.25, 0.3) is 0 Å². The van der Waals surface area contributed by atoms with Gasteiger partial charge in [-0.2, -0.15) is 0 Å². The average molecular weight is 491 g/mol. The molecule has 3 aromatic rings. The summed E-state index contributed by atoms with van der Waals surface area (Å²) in [7, 11) is 0. The summed E-state index contributed by atoms with van der Waals surface area (Å²) in [6.07, 6.45) is 3.69. The highest BCUT2D eigenvalue weighted by Gasteiger charge is 2.13. The molecule has 0 aliphatic heterocycles. The Hall–Kier alpha value is -3.28. The Morgan fingerprint density at radius 1 is 0.889 bits per heavy atom. The molecule has 36 heavy (non-hydrogen) atoms. The van der Waals surface area contributed by atoms with E-state index in [2.05, 4.69) is 19.6 Å². The molecule has 4 nitrogen and oxygen atoms in total. The second kappa shape index (κ2) is 13.1. The van der Waals surface area contributed by atoms with Gasteiger partial charge in [0, 0.05) is 30.3 Å². The predicted molar refractivity (Wildman–Crippen MR) is 141 cm³/mol. The standard InChI is InChI=1S/C31H35FO4/c1-4-26-17-23(7-8-25(19-33)20-34)11-15-28(26)29-16-12-24(18-30(29)32)6-5-22-9-13-27(14-10-22)36-31(35)21(2)3/h9-18,25,33-34H,2,4-8,19-20H2,1,3H3. The second-order valence-electron chi connectivity index (χ2n) is 9.24. The first-order valence-electron chi connectivity index (χ1n) is 12.4. The number of hydrogen-bond donors (Lipinski definition) is 2. The Kier molecular flexibility index (Phi) is 9.97. The molecule has 0 bridgehead atoms. The van der Waals surface area contributed by atoms with Crippen molar-refractivity contribution in [2.75, 3.05) is 13.2 Å². The lowest BCUT2D eigenvalue weighted by atomic mass is 9.92. The number of hydrogen-bond acceptors (Lipinski definition) is 4. The summed E-state index contributed by atoms with van der Waals surface area (Å²) >= 11 is 0. The molecule has 0 saturated carbocycles. The number of benzene rings is 3. The highest BCUT2D eigenvalue weighted by atomic mass is 19.1. The van der Waals surface area contributed by atoms with Crippen LogP contribution in [0.4, 0.5) is 4.39 Å². The molecule has 0 heterocycles. The number of esters is 1. The van der Waals surface area contributed by atoms with Crippen molar-refractivity contribution in [2.24, 2.45) is 5.92 Å². The van der Waals surface area contributed by atoms with E-state index >= 15 is 4.39 Å². The van der Waals surface area contributed by atoms with Crippen molar-refractivity contribution in [3.05, 3.63) is 101 Å². The predicted octanol–water partition coefficient (Wildman–Crippen LogP) is 5.86. The van der Waals surface area contributed by atoms with Gasteiger partial charge in [-0.3, -0.25) is 0 Å². The minimum atomic E-state index is -0.448. The monoisotopic (exact) mass is 490 g/mol. The minimum absolute atomic E-state index is 0.0248. The number of halogens is 1. The van der Waals surface area contributed by atoms with Crippen LogP contribution in [0, 0.1) is 11.7 Å². The van der Waals surface area contributed by atoms with Crippen molar-refractivity contribution < 1.29 is 24.1 Å². The number of carbonyl (C=O) groups is 1. The zero-order valence-electron chi connectivity index (χ0n) is 21.1. The first kappa shape index (κ1) is 27.3. The first-order valence-corrected chi connectivity index (χ1v) is 12.4. The molecule has 0 fully saturated rings. The lowest BCUT2D eigenvalue weighted by Crippen LogP contribution is -2.12. The van der Waals surface area contributed by atoms with Crippen LogP contribution in [0.2, 0.25) is 0 Å². The van der Waals surface area contributed by atoms with E-state index in [1.807, 2.05) is 36.4 Å². The van der Waals surface area contributed by atoms with Crippen LogP contribution in [0.25, 0.3) is 11.1 Å². The summed E-state index contributed by atoms with van der Waals surface area (Å²) in [6, 6.07) is 18.8. The highest BCUT2D eigenvalue weighted by molar-refractivity contribution is 5.88. The third-order valence-electron chi connectivity index (χ3n) is 6.42. The van der Waals surface area contributed by atoms with Crippen molar-refractivity contribution in [1.82, 2.24) is 0 Å². The third kappa shape index (κ3) is 7.36. The summed E-state index contributed by atoms with van der Waals surface area (Å²) in [5.74, 6) is -0.327. The van der Waals surface area contributed by atoms with Crippen LogP contribution in [0.15, 0.2) is 72.8 Å². The van der Waals surface area contributed by atoms with Crippen LogP contribution in [-0.4, -0.2) is 29.4 Å². The van der Waals surface area contributed by atoms with Crippen LogP contribution in [-0.2, 0) is 30.5 Å². The van der Waals surface area contributed by atoms with E-state index in [0.29, 0.717) is 29.7 Å². The molecule has 0 unspecified atom stereocenters. The maximum atomic E-state index is 15.2. The number of carbonyl (C=O) groups excluding carboxylic acids is 1. The van der Waals surface area contributed by atoms with Crippen LogP contribution >= 0.6 is 0 Å². The zero-order chi connectivity index (χ0) is 26.1.